The van der Waals surface area contributed by atoms with Crippen molar-refractivity contribution in [3.05, 3.63) is 48.0 Å². The predicted molar refractivity (Wildman–Crippen MR) is 68.9 cm³/mol. The molecule has 0 bridgehead atoms. The van der Waals surface area contributed by atoms with E-state index in [-0.39, 0.29) is 5.78 Å². The van der Waals surface area contributed by atoms with Gasteiger partial charge < -0.3 is 9.30 Å². The summed E-state index contributed by atoms with van der Waals surface area (Å²) in [4.78, 5) is 16.4. The molecule has 0 radical (unpaired) electrons. The zero-order chi connectivity index (χ0) is 13.0. The van der Waals surface area contributed by atoms with E-state index >= 15 is 0 Å². The number of aromatic nitrogens is 2. The van der Waals surface area contributed by atoms with Crippen molar-refractivity contribution in [2.24, 2.45) is 0 Å². The Morgan fingerprint density at radius 3 is 2.94 bits per heavy atom. The summed E-state index contributed by atoms with van der Waals surface area (Å²) < 4.78 is 7.22. The lowest BCUT2D eigenvalue weighted by Gasteiger charge is -2.06. The first-order chi connectivity index (χ1) is 8.76. The number of ketones is 1. The minimum Gasteiger partial charge on any atom is -0.494 e. The Bertz CT molecular complexity index is 546. The summed E-state index contributed by atoms with van der Waals surface area (Å²) in [5, 5.41) is 0. The lowest BCUT2D eigenvalue weighted by Crippen LogP contribution is -2.10. The molecule has 4 heteroatoms. The van der Waals surface area contributed by atoms with Gasteiger partial charge in [-0.3, -0.25) is 4.79 Å². The number of hydrogen-bond acceptors (Lipinski definition) is 3. The van der Waals surface area contributed by atoms with E-state index in [1.54, 1.807) is 24.5 Å². The van der Waals surface area contributed by atoms with Gasteiger partial charge in [-0.25, -0.2) is 4.98 Å². The van der Waals surface area contributed by atoms with Gasteiger partial charge in [0.1, 0.15) is 5.75 Å². The molecule has 1 heterocycles. The molecule has 2 aromatic rings. The minimum absolute atomic E-state index is 0.0802. The van der Waals surface area contributed by atoms with E-state index in [0.29, 0.717) is 23.7 Å². The quantitative estimate of drug-likeness (QED) is 0.759. The molecule has 2 rings (SSSR count). The van der Waals surface area contributed by atoms with E-state index in [1.807, 2.05) is 30.5 Å². The van der Waals surface area contributed by atoms with Gasteiger partial charge in [-0.1, -0.05) is 12.1 Å². The van der Waals surface area contributed by atoms with Crippen molar-refractivity contribution in [1.29, 1.82) is 0 Å². The molecule has 4 nitrogen and oxygen atoms in total. The van der Waals surface area contributed by atoms with Crippen LogP contribution in [0.25, 0.3) is 0 Å². The van der Waals surface area contributed by atoms with Crippen molar-refractivity contribution in [3.8, 4) is 5.75 Å². The summed E-state index contributed by atoms with van der Waals surface area (Å²) >= 11 is 0. The molecule has 94 valence electrons. The van der Waals surface area contributed by atoms with E-state index < -0.39 is 0 Å². The topological polar surface area (TPSA) is 44.1 Å². The van der Waals surface area contributed by atoms with Crippen LogP contribution in [0.1, 0.15) is 30.0 Å². The second kappa shape index (κ2) is 5.49. The van der Waals surface area contributed by atoms with Gasteiger partial charge in [-0.15, -0.1) is 0 Å². The monoisotopic (exact) mass is 244 g/mol. The Kier molecular flexibility index (Phi) is 3.77. The van der Waals surface area contributed by atoms with Crippen molar-refractivity contribution in [2.45, 2.75) is 20.4 Å². The molecule has 0 unspecified atom stereocenters. The summed E-state index contributed by atoms with van der Waals surface area (Å²) in [6.07, 6.45) is 3.45. The van der Waals surface area contributed by atoms with Crippen LogP contribution in [0.5, 0.6) is 5.75 Å². The predicted octanol–water partition coefficient (Wildman–Crippen LogP) is 2.53. The average Bonchev–Trinajstić information content (AvgIpc) is 2.87. The van der Waals surface area contributed by atoms with Gasteiger partial charge in [0, 0.05) is 24.5 Å². The van der Waals surface area contributed by atoms with Crippen molar-refractivity contribution in [2.75, 3.05) is 6.61 Å². The largest absolute Gasteiger partial charge is 0.494 e. The third kappa shape index (κ3) is 2.42. The smallest absolute Gasteiger partial charge is 0.228 e. The molecule has 18 heavy (non-hydrogen) atoms. The fraction of sp³-hybridized carbons (Fsp3) is 0.286. The number of rotatable bonds is 5. The van der Waals surface area contributed by atoms with Gasteiger partial charge in [-0.05, 0) is 26.0 Å². The SMILES string of the molecule is CCOc1cccc(C(=O)c2nccn2CC)c1. The molecule has 0 aliphatic heterocycles. The van der Waals surface area contributed by atoms with Crippen LogP contribution in [0, 0.1) is 0 Å². The average molecular weight is 244 g/mol. The third-order valence-corrected chi connectivity index (χ3v) is 2.67. The summed E-state index contributed by atoms with van der Waals surface area (Å²) in [6.45, 7) is 5.21. The molecule has 0 saturated carbocycles. The maximum Gasteiger partial charge on any atom is 0.228 e. The van der Waals surface area contributed by atoms with Crippen molar-refractivity contribution >= 4 is 5.78 Å². The van der Waals surface area contributed by atoms with Crippen molar-refractivity contribution in [1.82, 2.24) is 9.55 Å². The van der Waals surface area contributed by atoms with Crippen LogP contribution in [0.4, 0.5) is 0 Å². The highest BCUT2D eigenvalue weighted by molar-refractivity contribution is 6.06. The van der Waals surface area contributed by atoms with E-state index in [1.165, 1.54) is 0 Å². The lowest BCUT2D eigenvalue weighted by molar-refractivity contribution is 0.102. The maximum absolute atomic E-state index is 12.3. The molecule has 0 aliphatic carbocycles. The Morgan fingerprint density at radius 1 is 1.39 bits per heavy atom. The molecule has 1 aromatic carbocycles. The maximum atomic E-state index is 12.3. The first kappa shape index (κ1) is 12.4. The second-order valence-electron chi connectivity index (χ2n) is 3.83. The zero-order valence-electron chi connectivity index (χ0n) is 10.6. The number of nitrogens with zero attached hydrogens (tertiary/aromatic N) is 2. The van der Waals surface area contributed by atoms with Crippen LogP contribution in [-0.2, 0) is 6.54 Å². The number of imidazole rings is 1. The van der Waals surface area contributed by atoms with Crippen LogP contribution in [-0.4, -0.2) is 21.9 Å². The molecule has 0 aliphatic rings. The van der Waals surface area contributed by atoms with Gasteiger partial charge >= 0.3 is 0 Å². The minimum atomic E-state index is -0.0802. The van der Waals surface area contributed by atoms with Gasteiger partial charge in [-0.2, -0.15) is 0 Å². The number of benzene rings is 1. The Balaban J connectivity index is 2.31. The van der Waals surface area contributed by atoms with Gasteiger partial charge in [0.25, 0.3) is 0 Å². The summed E-state index contributed by atoms with van der Waals surface area (Å²) in [6, 6.07) is 7.18. The number of carbonyl (C=O) groups is 1. The molecule has 0 saturated heterocycles. The molecule has 1 aromatic heterocycles. The van der Waals surface area contributed by atoms with Crippen LogP contribution in [0.15, 0.2) is 36.7 Å². The van der Waals surface area contributed by atoms with Crippen molar-refractivity contribution < 1.29 is 9.53 Å². The van der Waals surface area contributed by atoms with Crippen LogP contribution >= 0.6 is 0 Å². The van der Waals surface area contributed by atoms with E-state index in [9.17, 15) is 4.79 Å². The molecule has 0 atom stereocenters. The van der Waals surface area contributed by atoms with Crippen LogP contribution < -0.4 is 4.74 Å². The fourth-order valence-electron chi connectivity index (χ4n) is 1.80. The number of ether oxygens (including phenoxy) is 1. The third-order valence-electron chi connectivity index (χ3n) is 2.67. The van der Waals surface area contributed by atoms with Crippen LogP contribution in [0.3, 0.4) is 0 Å². The molecular formula is C14H16N2O2. The normalized spacial score (nSPS) is 10.3. The van der Waals surface area contributed by atoms with E-state index in [2.05, 4.69) is 4.98 Å². The highest BCUT2D eigenvalue weighted by atomic mass is 16.5. The Morgan fingerprint density at radius 2 is 2.22 bits per heavy atom. The Hall–Kier alpha value is -2.10. The molecular weight excluding hydrogens is 228 g/mol. The molecule has 0 spiro atoms. The Labute approximate surface area is 106 Å². The second-order valence-corrected chi connectivity index (χ2v) is 3.83. The van der Waals surface area contributed by atoms with Crippen LogP contribution in [0.2, 0.25) is 0 Å². The molecule has 0 N–H and O–H groups in total. The summed E-state index contributed by atoms with van der Waals surface area (Å²) in [7, 11) is 0. The zero-order valence-corrected chi connectivity index (χ0v) is 10.6. The van der Waals surface area contributed by atoms with E-state index in [0.717, 1.165) is 6.54 Å². The standard InChI is InChI=1S/C14H16N2O2/c1-3-16-9-8-15-14(16)13(17)11-6-5-7-12(10-11)18-4-2/h5-10H,3-4H2,1-2H3. The van der Waals surface area contributed by atoms with E-state index in [4.69, 9.17) is 4.74 Å². The highest BCUT2D eigenvalue weighted by Crippen LogP contribution is 2.16. The first-order valence-corrected chi connectivity index (χ1v) is 6.05. The number of hydrogen-bond donors (Lipinski definition) is 0. The molecule has 0 fully saturated rings. The molecule has 0 amide bonds. The first-order valence-electron chi connectivity index (χ1n) is 6.05. The number of aryl methyl sites for hydroxylation is 1. The van der Waals surface area contributed by atoms with Crippen molar-refractivity contribution in [3.63, 3.8) is 0 Å². The van der Waals surface area contributed by atoms with Gasteiger partial charge in [0.2, 0.25) is 5.78 Å². The summed E-state index contributed by atoms with van der Waals surface area (Å²) in [5.74, 6) is 1.09. The summed E-state index contributed by atoms with van der Waals surface area (Å²) in [5.41, 5.74) is 0.599. The lowest BCUT2D eigenvalue weighted by atomic mass is 10.1. The number of carbonyl (C=O) groups excluding carboxylic acids is 1. The van der Waals surface area contributed by atoms with Gasteiger partial charge in [0.05, 0.1) is 6.61 Å². The fourth-order valence-corrected chi connectivity index (χ4v) is 1.80. The highest BCUT2D eigenvalue weighted by Gasteiger charge is 2.14. The van der Waals surface area contributed by atoms with Gasteiger partial charge in [0.15, 0.2) is 5.82 Å².